The maximum Gasteiger partial charge on any atom is 0.226 e. The van der Waals surface area contributed by atoms with Crippen LogP contribution in [0.1, 0.15) is 34.1 Å². The minimum Gasteiger partial charge on any atom is -0.344 e. The fourth-order valence-electron chi connectivity index (χ4n) is 1.33. The highest BCUT2D eigenvalue weighted by atomic mass is 16.7. The Labute approximate surface area is 80.4 Å². The number of ether oxygens (including phenoxy) is 2. The Hall–Kier alpha value is -0.410. The van der Waals surface area contributed by atoms with Crippen molar-refractivity contribution in [1.82, 2.24) is 0 Å². The number of carbonyl (C=O) groups is 1. The zero-order valence-corrected chi connectivity index (χ0v) is 9.00. The van der Waals surface area contributed by atoms with Gasteiger partial charge in [-0.15, -0.1) is 0 Å². The minimum absolute atomic E-state index is 0.378. The van der Waals surface area contributed by atoms with E-state index in [-0.39, 0.29) is 0 Å². The number of hydrogen-bond donors (Lipinski definition) is 0. The lowest BCUT2D eigenvalue weighted by atomic mass is 10.0. The first-order chi connectivity index (χ1) is 6.10. The lowest BCUT2D eigenvalue weighted by molar-refractivity contribution is -0.222. The van der Waals surface area contributed by atoms with Gasteiger partial charge in [-0.05, 0) is 19.8 Å². The van der Waals surface area contributed by atoms with Gasteiger partial charge < -0.3 is 9.47 Å². The second kappa shape index (κ2) is 6.11. The van der Waals surface area contributed by atoms with Crippen LogP contribution in [0, 0.1) is 5.92 Å². The molecule has 0 spiro atoms. The molecule has 0 aliphatic rings. The Morgan fingerprint density at radius 2 is 1.69 bits per heavy atom. The van der Waals surface area contributed by atoms with Gasteiger partial charge in [-0.1, -0.05) is 13.8 Å². The van der Waals surface area contributed by atoms with Crippen LogP contribution in [0.2, 0.25) is 0 Å². The van der Waals surface area contributed by atoms with Crippen molar-refractivity contribution in [2.45, 2.75) is 39.9 Å². The van der Waals surface area contributed by atoms with Crippen molar-refractivity contribution in [2.24, 2.45) is 5.92 Å². The van der Waals surface area contributed by atoms with E-state index in [4.69, 9.17) is 9.47 Å². The van der Waals surface area contributed by atoms with Gasteiger partial charge in [0.2, 0.25) is 5.79 Å². The van der Waals surface area contributed by atoms with E-state index in [2.05, 4.69) is 0 Å². The van der Waals surface area contributed by atoms with Crippen molar-refractivity contribution in [3.8, 4) is 0 Å². The van der Waals surface area contributed by atoms with Gasteiger partial charge in [0.05, 0.1) is 0 Å². The Bertz CT molecular complexity index is 137. The van der Waals surface area contributed by atoms with Crippen molar-refractivity contribution in [3.05, 3.63) is 0 Å². The van der Waals surface area contributed by atoms with Crippen LogP contribution in [0.4, 0.5) is 0 Å². The maximum atomic E-state index is 10.9. The van der Waals surface area contributed by atoms with Crippen LogP contribution in [0.25, 0.3) is 0 Å². The fourth-order valence-corrected chi connectivity index (χ4v) is 1.33. The molecule has 0 aromatic rings. The number of hydrogen-bond acceptors (Lipinski definition) is 3. The van der Waals surface area contributed by atoms with Crippen LogP contribution in [0.15, 0.2) is 0 Å². The Morgan fingerprint density at radius 1 is 1.23 bits per heavy atom. The first kappa shape index (κ1) is 12.6. The highest BCUT2D eigenvalue weighted by molar-refractivity contribution is 5.60. The lowest BCUT2D eigenvalue weighted by Crippen LogP contribution is -2.39. The number of rotatable bonds is 7. The van der Waals surface area contributed by atoms with Gasteiger partial charge in [-0.3, -0.25) is 4.79 Å². The van der Waals surface area contributed by atoms with Crippen LogP contribution < -0.4 is 0 Å². The van der Waals surface area contributed by atoms with Crippen molar-refractivity contribution >= 4 is 6.29 Å². The SMILES string of the molecule is CCOC(C=O)(CC(C)C)OCC. The normalized spacial score (nSPS) is 12.1. The molecule has 0 fully saturated rings. The average molecular weight is 188 g/mol. The molecule has 0 bridgehead atoms. The highest BCUT2D eigenvalue weighted by Gasteiger charge is 2.31. The summed E-state index contributed by atoms with van der Waals surface area (Å²) in [5, 5.41) is 0. The molecular weight excluding hydrogens is 168 g/mol. The molecule has 0 rings (SSSR count). The average Bonchev–Trinajstić information content (AvgIpc) is 2.04. The van der Waals surface area contributed by atoms with Gasteiger partial charge >= 0.3 is 0 Å². The second-order valence-electron chi connectivity index (χ2n) is 3.39. The van der Waals surface area contributed by atoms with Gasteiger partial charge in [0.1, 0.15) is 0 Å². The van der Waals surface area contributed by atoms with Crippen LogP contribution >= 0.6 is 0 Å². The minimum atomic E-state index is -1.02. The lowest BCUT2D eigenvalue weighted by Gasteiger charge is -2.28. The molecule has 0 heterocycles. The van der Waals surface area contributed by atoms with Gasteiger partial charge in [-0.25, -0.2) is 0 Å². The molecule has 3 heteroatoms. The van der Waals surface area contributed by atoms with E-state index in [0.717, 1.165) is 6.29 Å². The van der Waals surface area contributed by atoms with E-state index in [0.29, 0.717) is 25.6 Å². The van der Waals surface area contributed by atoms with Crippen LogP contribution in [0.3, 0.4) is 0 Å². The summed E-state index contributed by atoms with van der Waals surface area (Å²) in [4.78, 5) is 10.9. The molecule has 0 radical (unpaired) electrons. The Balaban J connectivity index is 4.33. The van der Waals surface area contributed by atoms with Crippen LogP contribution in [-0.4, -0.2) is 25.3 Å². The third kappa shape index (κ3) is 4.39. The molecule has 0 aromatic carbocycles. The maximum absolute atomic E-state index is 10.9. The molecule has 0 aliphatic heterocycles. The summed E-state index contributed by atoms with van der Waals surface area (Å²) in [6.07, 6.45) is 1.37. The van der Waals surface area contributed by atoms with E-state index in [1.165, 1.54) is 0 Å². The summed E-state index contributed by atoms with van der Waals surface area (Å²) in [5.74, 6) is -0.638. The van der Waals surface area contributed by atoms with E-state index < -0.39 is 5.79 Å². The van der Waals surface area contributed by atoms with Crippen molar-refractivity contribution in [3.63, 3.8) is 0 Å². The third-order valence-corrected chi connectivity index (χ3v) is 1.65. The predicted molar refractivity (Wildman–Crippen MR) is 51.5 cm³/mol. The monoisotopic (exact) mass is 188 g/mol. The molecule has 78 valence electrons. The Kier molecular flexibility index (Phi) is 5.91. The summed E-state index contributed by atoms with van der Waals surface area (Å²) in [7, 11) is 0. The summed E-state index contributed by atoms with van der Waals surface area (Å²) in [5.41, 5.74) is 0. The standard InChI is InChI=1S/C10H20O3/c1-5-12-10(8-11,13-6-2)7-9(3)4/h8-9H,5-7H2,1-4H3. The van der Waals surface area contributed by atoms with Crippen LogP contribution in [0.5, 0.6) is 0 Å². The van der Waals surface area contributed by atoms with Crippen molar-refractivity contribution in [2.75, 3.05) is 13.2 Å². The van der Waals surface area contributed by atoms with E-state index in [9.17, 15) is 4.79 Å². The molecule has 0 atom stereocenters. The summed E-state index contributed by atoms with van der Waals surface area (Å²) in [6.45, 7) is 8.78. The van der Waals surface area contributed by atoms with Gasteiger partial charge in [0.25, 0.3) is 0 Å². The predicted octanol–water partition coefficient (Wildman–Crippen LogP) is 2.00. The quantitative estimate of drug-likeness (QED) is 0.453. The molecule has 0 unspecified atom stereocenters. The molecule has 0 aromatic heterocycles. The highest BCUT2D eigenvalue weighted by Crippen LogP contribution is 2.20. The first-order valence-electron chi connectivity index (χ1n) is 4.84. The zero-order chi connectivity index (χ0) is 10.3. The van der Waals surface area contributed by atoms with Gasteiger partial charge in [0, 0.05) is 19.6 Å². The molecule has 0 amide bonds. The molecule has 13 heavy (non-hydrogen) atoms. The first-order valence-corrected chi connectivity index (χ1v) is 4.84. The summed E-state index contributed by atoms with van der Waals surface area (Å²) < 4.78 is 10.7. The van der Waals surface area contributed by atoms with E-state index >= 15 is 0 Å². The van der Waals surface area contributed by atoms with Gasteiger partial charge in [0.15, 0.2) is 6.29 Å². The molecule has 3 nitrogen and oxygen atoms in total. The van der Waals surface area contributed by atoms with Crippen molar-refractivity contribution < 1.29 is 14.3 Å². The van der Waals surface area contributed by atoms with E-state index in [1.807, 2.05) is 27.7 Å². The third-order valence-electron chi connectivity index (χ3n) is 1.65. The molecule has 0 aliphatic carbocycles. The molecular formula is C10H20O3. The zero-order valence-electron chi connectivity index (χ0n) is 9.00. The topological polar surface area (TPSA) is 35.5 Å². The number of carbonyl (C=O) groups excluding carboxylic acids is 1. The smallest absolute Gasteiger partial charge is 0.226 e. The molecule has 0 saturated carbocycles. The molecule has 0 saturated heterocycles. The second-order valence-corrected chi connectivity index (χ2v) is 3.39. The van der Waals surface area contributed by atoms with Gasteiger partial charge in [-0.2, -0.15) is 0 Å². The van der Waals surface area contributed by atoms with E-state index in [1.54, 1.807) is 0 Å². The fraction of sp³-hybridized carbons (Fsp3) is 0.900. The Morgan fingerprint density at radius 3 is 1.92 bits per heavy atom. The largest absolute Gasteiger partial charge is 0.344 e. The number of aldehydes is 1. The van der Waals surface area contributed by atoms with Crippen LogP contribution in [-0.2, 0) is 14.3 Å². The summed E-state index contributed by atoms with van der Waals surface area (Å²) >= 11 is 0. The molecule has 0 N–H and O–H groups in total. The van der Waals surface area contributed by atoms with Crippen molar-refractivity contribution in [1.29, 1.82) is 0 Å². The summed E-state index contributed by atoms with van der Waals surface area (Å²) in [6, 6.07) is 0.